The second kappa shape index (κ2) is 15.1. The van der Waals surface area contributed by atoms with Crippen molar-refractivity contribution >= 4 is 23.9 Å². The predicted octanol–water partition coefficient (Wildman–Crippen LogP) is 7.34. The number of rotatable bonds is 12. The quantitative estimate of drug-likeness (QED) is 0.179. The fourth-order valence-electron chi connectivity index (χ4n) is 5.25. The van der Waals surface area contributed by atoms with Gasteiger partial charge in [-0.25, -0.2) is 9.59 Å². The normalized spacial score (nSPS) is 16.9. The van der Waals surface area contributed by atoms with Crippen LogP contribution in [0.1, 0.15) is 30.0 Å². The standard InChI is InChI=1S/C35H38N2O4S/c1-4-21-40-33(38)36-25-27(3)23-31-24-32(26-37(31)34(39)41-22-5-2)42-35(28-15-9-6-10-16-28,29-17-11-7-12-18-29)30-19-13-8-14-20-30/h4-20,23,31-32H,1-2,21-22,24-26H2,3H3,(H,36,38)/b27-23-/t31-,32+/m1/s1. The van der Waals surface area contributed by atoms with Gasteiger partial charge in [0.1, 0.15) is 13.2 Å². The van der Waals surface area contributed by atoms with Gasteiger partial charge >= 0.3 is 12.2 Å². The minimum Gasteiger partial charge on any atom is -0.445 e. The first-order valence-electron chi connectivity index (χ1n) is 14.1. The van der Waals surface area contributed by atoms with Gasteiger partial charge in [0.25, 0.3) is 0 Å². The third-order valence-corrected chi connectivity index (χ3v) is 8.80. The van der Waals surface area contributed by atoms with Crippen LogP contribution in [0.15, 0.2) is 128 Å². The van der Waals surface area contributed by atoms with Gasteiger partial charge in [-0.15, -0.1) is 11.8 Å². The van der Waals surface area contributed by atoms with Gasteiger partial charge in [0.15, 0.2) is 0 Å². The van der Waals surface area contributed by atoms with E-state index in [1.807, 2.05) is 43.0 Å². The Balaban J connectivity index is 1.68. The number of amides is 2. The number of carbonyl (C=O) groups excluding carboxylic acids is 2. The summed E-state index contributed by atoms with van der Waals surface area (Å²) in [4.78, 5) is 26.9. The van der Waals surface area contributed by atoms with Crippen LogP contribution < -0.4 is 5.32 Å². The Hall–Kier alpha value is -4.23. The first-order chi connectivity index (χ1) is 20.5. The maximum atomic E-state index is 13.2. The summed E-state index contributed by atoms with van der Waals surface area (Å²) in [6.07, 6.45) is 4.96. The lowest BCUT2D eigenvalue weighted by atomic mass is 9.84. The van der Waals surface area contributed by atoms with Crippen LogP contribution >= 0.6 is 11.8 Å². The largest absolute Gasteiger partial charge is 0.445 e. The number of hydrogen-bond donors (Lipinski definition) is 1. The van der Waals surface area contributed by atoms with Crippen LogP contribution in [0.3, 0.4) is 0 Å². The highest BCUT2D eigenvalue weighted by Gasteiger charge is 2.44. The average molecular weight is 583 g/mol. The molecule has 3 aromatic rings. The van der Waals surface area contributed by atoms with Crippen molar-refractivity contribution in [2.45, 2.75) is 29.4 Å². The molecule has 0 aliphatic carbocycles. The molecule has 7 heteroatoms. The molecule has 4 rings (SSSR count). The topological polar surface area (TPSA) is 67.9 Å². The zero-order valence-electron chi connectivity index (χ0n) is 24.0. The summed E-state index contributed by atoms with van der Waals surface area (Å²) < 4.78 is 10.0. The summed E-state index contributed by atoms with van der Waals surface area (Å²) in [5.74, 6) is 0. The molecule has 0 aromatic heterocycles. The first kappa shape index (κ1) is 30.7. The molecule has 0 radical (unpaired) electrons. The van der Waals surface area contributed by atoms with E-state index in [0.29, 0.717) is 13.1 Å². The van der Waals surface area contributed by atoms with Crippen molar-refractivity contribution in [2.75, 3.05) is 26.3 Å². The molecule has 2 atom stereocenters. The van der Waals surface area contributed by atoms with Crippen molar-refractivity contribution in [1.29, 1.82) is 0 Å². The number of benzene rings is 3. The van der Waals surface area contributed by atoms with E-state index in [1.165, 1.54) is 22.8 Å². The van der Waals surface area contributed by atoms with Gasteiger partial charge < -0.3 is 19.7 Å². The van der Waals surface area contributed by atoms with E-state index in [1.54, 1.807) is 11.0 Å². The summed E-state index contributed by atoms with van der Waals surface area (Å²) in [6, 6.07) is 31.4. The van der Waals surface area contributed by atoms with E-state index >= 15 is 0 Å². The van der Waals surface area contributed by atoms with Crippen molar-refractivity contribution in [3.8, 4) is 0 Å². The Bertz CT molecular complexity index is 1260. The molecule has 1 heterocycles. The summed E-state index contributed by atoms with van der Waals surface area (Å²) >= 11 is 1.86. The van der Waals surface area contributed by atoms with E-state index in [-0.39, 0.29) is 30.6 Å². The molecule has 3 aromatic carbocycles. The molecule has 1 aliphatic heterocycles. The molecule has 1 saturated heterocycles. The molecular weight excluding hydrogens is 544 g/mol. The SMILES string of the molecule is C=CCOC(=O)NC/C(C)=C\[C@@H]1C[C@H](SC(c2ccccc2)(c2ccccc2)c2ccccc2)CN1C(=O)OCC=C. The second-order valence-electron chi connectivity index (χ2n) is 10.1. The first-order valence-corrected chi connectivity index (χ1v) is 14.9. The van der Waals surface area contributed by atoms with Gasteiger partial charge in [-0.3, -0.25) is 0 Å². The fraction of sp³-hybridized carbons (Fsp3) is 0.257. The van der Waals surface area contributed by atoms with Crippen molar-refractivity contribution in [3.05, 3.63) is 145 Å². The Morgan fingerprint density at radius 1 is 0.881 bits per heavy atom. The van der Waals surface area contributed by atoms with Gasteiger partial charge in [0.2, 0.25) is 0 Å². The van der Waals surface area contributed by atoms with Gasteiger partial charge in [-0.1, -0.05) is 128 Å². The smallest absolute Gasteiger partial charge is 0.410 e. The summed E-state index contributed by atoms with van der Waals surface area (Å²) in [5, 5.41) is 2.84. The second-order valence-corrected chi connectivity index (χ2v) is 11.6. The number of ether oxygens (including phenoxy) is 2. The van der Waals surface area contributed by atoms with Crippen molar-refractivity contribution in [2.24, 2.45) is 0 Å². The number of carbonyl (C=O) groups is 2. The van der Waals surface area contributed by atoms with Crippen LogP contribution in [0.2, 0.25) is 0 Å². The highest BCUT2D eigenvalue weighted by atomic mass is 32.2. The lowest BCUT2D eigenvalue weighted by molar-refractivity contribution is 0.114. The molecule has 6 nitrogen and oxygen atoms in total. The lowest BCUT2D eigenvalue weighted by Crippen LogP contribution is -2.36. The number of thioether (sulfide) groups is 1. The molecule has 1 fully saturated rings. The third-order valence-electron chi connectivity index (χ3n) is 7.07. The van der Waals surface area contributed by atoms with Gasteiger partial charge in [0, 0.05) is 18.3 Å². The minimum atomic E-state index is -0.511. The van der Waals surface area contributed by atoms with Crippen molar-refractivity contribution in [3.63, 3.8) is 0 Å². The number of alkyl carbamates (subject to hydrolysis) is 1. The van der Waals surface area contributed by atoms with Crippen LogP contribution in [-0.4, -0.2) is 54.7 Å². The monoisotopic (exact) mass is 582 g/mol. The van der Waals surface area contributed by atoms with E-state index in [9.17, 15) is 9.59 Å². The van der Waals surface area contributed by atoms with Crippen LogP contribution in [0, 0.1) is 0 Å². The van der Waals surface area contributed by atoms with Gasteiger partial charge in [-0.2, -0.15) is 0 Å². The summed E-state index contributed by atoms with van der Waals surface area (Å²) in [6.45, 7) is 10.3. The zero-order chi connectivity index (χ0) is 29.8. The van der Waals surface area contributed by atoms with E-state index in [2.05, 4.69) is 91.3 Å². The highest BCUT2D eigenvalue weighted by molar-refractivity contribution is 8.01. The molecule has 0 saturated carbocycles. The maximum absolute atomic E-state index is 13.2. The Morgan fingerprint density at radius 3 is 1.88 bits per heavy atom. The van der Waals surface area contributed by atoms with Crippen molar-refractivity contribution < 1.29 is 19.1 Å². The highest BCUT2D eigenvalue weighted by Crippen LogP contribution is 2.52. The van der Waals surface area contributed by atoms with Gasteiger partial charge in [0.05, 0.1) is 10.8 Å². The molecule has 1 aliphatic rings. The zero-order valence-corrected chi connectivity index (χ0v) is 24.8. The number of nitrogens with one attached hydrogen (secondary N) is 1. The lowest BCUT2D eigenvalue weighted by Gasteiger charge is -2.37. The molecule has 42 heavy (non-hydrogen) atoms. The van der Waals surface area contributed by atoms with Crippen LogP contribution in [0.5, 0.6) is 0 Å². The summed E-state index contributed by atoms with van der Waals surface area (Å²) in [5.41, 5.74) is 4.44. The van der Waals surface area contributed by atoms with Crippen LogP contribution in [0.4, 0.5) is 9.59 Å². The van der Waals surface area contributed by atoms with E-state index < -0.39 is 10.8 Å². The molecule has 0 unspecified atom stereocenters. The Kier molecular flexibility index (Phi) is 11.1. The maximum Gasteiger partial charge on any atom is 0.410 e. The molecule has 0 spiro atoms. The third kappa shape index (κ3) is 7.53. The predicted molar refractivity (Wildman–Crippen MR) is 171 cm³/mol. The number of likely N-dealkylation sites (tertiary alicyclic amines) is 1. The molecular formula is C35H38N2O4S. The van der Waals surface area contributed by atoms with Crippen molar-refractivity contribution in [1.82, 2.24) is 10.2 Å². The Morgan fingerprint density at radius 2 is 1.38 bits per heavy atom. The summed E-state index contributed by atoms with van der Waals surface area (Å²) in [7, 11) is 0. The van der Waals surface area contributed by atoms with E-state index in [0.717, 1.165) is 12.0 Å². The van der Waals surface area contributed by atoms with E-state index in [4.69, 9.17) is 9.47 Å². The number of hydrogen-bond acceptors (Lipinski definition) is 5. The fourth-order valence-corrected chi connectivity index (χ4v) is 7.09. The molecule has 0 bridgehead atoms. The minimum absolute atomic E-state index is 0.0847. The van der Waals surface area contributed by atoms with Crippen LogP contribution in [-0.2, 0) is 14.2 Å². The number of nitrogens with zero attached hydrogens (tertiary/aromatic N) is 1. The Labute approximate surface area is 253 Å². The van der Waals surface area contributed by atoms with Gasteiger partial charge in [-0.05, 0) is 30.0 Å². The molecule has 1 N–H and O–H groups in total. The average Bonchev–Trinajstić information content (AvgIpc) is 3.43. The molecule has 218 valence electrons. The van der Waals surface area contributed by atoms with Crippen LogP contribution in [0.25, 0.3) is 0 Å². The molecule has 2 amide bonds.